The fourth-order valence-corrected chi connectivity index (χ4v) is 0.277. The van der Waals surface area contributed by atoms with E-state index in [2.05, 4.69) is 11.5 Å². The molecule has 0 rings (SSSR count). The zero-order valence-corrected chi connectivity index (χ0v) is 4.63. The lowest BCUT2D eigenvalue weighted by atomic mass is 10.2. The Morgan fingerprint density at radius 2 is 1.89 bits per heavy atom. The smallest absolute Gasteiger partial charge is 0.252 e. The molecule has 0 saturated heterocycles. The van der Waals surface area contributed by atoms with Crippen molar-refractivity contribution in [1.82, 2.24) is 0 Å². The monoisotopic (exact) mass is 134 g/mol. The van der Waals surface area contributed by atoms with E-state index in [0.717, 1.165) is 0 Å². The van der Waals surface area contributed by atoms with Gasteiger partial charge in [-0.2, -0.15) is 0 Å². The molecule has 0 fully saturated rings. The van der Waals surface area contributed by atoms with Gasteiger partial charge in [0.2, 0.25) is 5.91 Å². The second kappa shape index (κ2) is 3.01. The summed E-state index contributed by atoms with van der Waals surface area (Å²) in [5, 5.41) is 0. The van der Waals surface area contributed by atoms with Gasteiger partial charge in [0.05, 0.1) is 6.42 Å². The highest BCUT2D eigenvalue weighted by Gasteiger charge is 2.15. The van der Waals surface area contributed by atoms with Gasteiger partial charge in [0.25, 0.3) is 5.91 Å². The minimum atomic E-state index is -1.94. The molecule has 4 nitrogen and oxygen atoms in total. The second-order valence-corrected chi connectivity index (χ2v) is 1.54. The average molecular weight is 134 g/mol. The zero-order chi connectivity index (χ0) is 7.44. The lowest BCUT2D eigenvalue weighted by Crippen LogP contribution is -2.29. The van der Waals surface area contributed by atoms with E-state index in [1.807, 2.05) is 0 Å². The van der Waals surface area contributed by atoms with Gasteiger partial charge in [0.15, 0.2) is 6.17 Å². The number of nitrogens with two attached hydrogens (primary N) is 2. The highest BCUT2D eigenvalue weighted by molar-refractivity contribution is 5.85. The maximum Gasteiger partial charge on any atom is 0.252 e. The number of carbonyl (C=O) groups is 2. The lowest BCUT2D eigenvalue weighted by Gasteiger charge is -1.97. The highest BCUT2D eigenvalue weighted by atomic mass is 19.1. The fourth-order valence-electron chi connectivity index (χ4n) is 0.277. The molecule has 0 aromatic carbocycles. The van der Waals surface area contributed by atoms with Crippen LogP contribution in [0.15, 0.2) is 0 Å². The van der Waals surface area contributed by atoms with Gasteiger partial charge in [-0.05, 0) is 0 Å². The van der Waals surface area contributed by atoms with Crippen LogP contribution in [0.2, 0.25) is 0 Å². The fraction of sp³-hybridized carbons (Fsp3) is 0.500. The van der Waals surface area contributed by atoms with Crippen LogP contribution in [0.3, 0.4) is 0 Å². The van der Waals surface area contributed by atoms with Crippen molar-refractivity contribution in [3.63, 3.8) is 0 Å². The van der Waals surface area contributed by atoms with Gasteiger partial charge in [0.1, 0.15) is 0 Å². The van der Waals surface area contributed by atoms with Crippen LogP contribution in [-0.4, -0.2) is 18.0 Å². The summed E-state index contributed by atoms with van der Waals surface area (Å²) in [6, 6.07) is 0. The molecule has 2 amide bonds. The molecule has 52 valence electrons. The Kier molecular flexibility index (Phi) is 2.63. The Bertz CT molecular complexity index is 137. The van der Waals surface area contributed by atoms with E-state index in [9.17, 15) is 14.0 Å². The average Bonchev–Trinajstić information content (AvgIpc) is 1.63. The highest BCUT2D eigenvalue weighted by Crippen LogP contribution is 1.93. The summed E-state index contributed by atoms with van der Waals surface area (Å²) >= 11 is 0. The Labute approximate surface area is 51.0 Å². The number of primary amides is 2. The largest absolute Gasteiger partial charge is 0.370 e. The Morgan fingerprint density at radius 1 is 1.44 bits per heavy atom. The van der Waals surface area contributed by atoms with Crippen molar-refractivity contribution in [2.45, 2.75) is 12.6 Å². The first-order chi connectivity index (χ1) is 4.04. The number of rotatable bonds is 3. The maximum absolute atomic E-state index is 12.0. The zero-order valence-electron chi connectivity index (χ0n) is 4.63. The molecule has 0 aliphatic rings. The number of halogens is 1. The number of amides is 2. The number of hydrogen-bond donors (Lipinski definition) is 2. The summed E-state index contributed by atoms with van der Waals surface area (Å²) < 4.78 is 12.0. The van der Waals surface area contributed by atoms with Crippen LogP contribution in [0.4, 0.5) is 4.39 Å². The van der Waals surface area contributed by atoms with Gasteiger partial charge in [0, 0.05) is 0 Å². The third-order valence-electron chi connectivity index (χ3n) is 0.689. The summed E-state index contributed by atoms with van der Waals surface area (Å²) in [6.07, 6.45) is -2.57. The molecular weight excluding hydrogens is 127 g/mol. The number of alkyl halides is 1. The van der Waals surface area contributed by atoms with Crippen molar-refractivity contribution in [3.8, 4) is 0 Å². The third-order valence-corrected chi connectivity index (χ3v) is 0.689. The third kappa shape index (κ3) is 3.45. The molecule has 0 aliphatic heterocycles. The first-order valence-corrected chi connectivity index (χ1v) is 2.25. The quantitative estimate of drug-likeness (QED) is 0.501. The van der Waals surface area contributed by atoms with E-state index in [4.69, 9.17) is 0 Å². The summed E-state index contributed by atoms with van der Waals surface area (Å²) in [5.41, 5.74) is 9.01. The van der Waals surface area contributed by atoms with Crippen molar-refractivity contribution in [3.05, 3.63) is 0 Å². The van der Waals surface area contributed by atoms with E-state index in [-0.39, 0.29) is 0 Å². The van der Waals surface area contributed by atoms with Gasteiger partial charge >= 0.3 is 0 Å². The van der Waals surface area contributed by atoms with Gasteiger partial charge in [-0.25, -0.2) is 4.39 Å². The SMILES string of the molecule is NC(=O)CC(F)C(N)=O. The normalized spacial score (nSPS) is 12.6. The van der Waals surface area contributed by atoms with Gasteiger partial charge < -0.3 is 11.5 Å². The standard InChI is InChI=1S/C4H7FN2O2/c5-2(4(7)9)1-3(6)8/h2H,1H2,(H2,6,8)(H2,7,9). The first-order valence-electron chi connectivity index (χ1n) is 2.25. The minimum absolute atomic E-state index is 0.630. The molecule has 0 heterocycles. The van der Waals surface area contributed by atoms with Gasteiger partial charge in [-0.15, -0.1) is 0 Å². The lowest BCUT2D eigenvalue weighted by molar-refractivity contribution is -0.127. The number of hydrogen-bond acceptors (Lipinski definition) is 2. The van der Waals surface area contributed by atoms with Crippen molar-refractivity contribution in [2.24, 2.45) is 11.5 Å². The van der Waals surface area contributed by atoms with E-state index in [1.54, 1.807) is 0 Å². The van der Waals surface area contributed by atoms with Crippen LogP contribution in [0.1, 0.15) is 6.42 Å². The van der Waals surface area contributed by atoms with Gasteiger partial charge in [-0.1, -0.05) is 0 Å². The maximum atomic E-state index is 12.0. The van der Waals surface area contributed by atoms with Crippen LogP contribution in [-0.2, 0) is 9.59 Å². The minimum Gasteiger partial charge on any atom is -0.370 e. The Morgan fingerprint density at radius 3 is 2.00 bits per heavy atom. The molecule has 4 N–H and O–H groups in total. The molecular formula is C4H7FN2O2. The first kappa shape index (κ1) is 7.87. The molecule has 0 aromatic rings. The molecule has 0 aliphatic carbocycles. The summed E-state index contributed by atoms with van der Waals surface area (Å²) in [7, 11) is 0. The van der Waals surface area contributed by atoms with E-state index in [0.29, 0.717) is 0 Å². The topological polar surface area (TPSA) is 86.2 Å². The second-order valence-electron chi connectivity index (χ2n) is 1.54. The summed E-state index contributed by atoms with van der Waals surface area (Å²) in [4.78, 5) is 19.8. The summed E-state index contributed by atoms with van der Waals surface area (Å²) in [6.45, 7) is 0. The van der Waals surface area contributed by atoms with Crippen LogP contribution in [0.25, 0.3) is 0 Å². The predicted molar refractivity (Wildman–Crippen MR) is 27.9 cm³/mol. The number of carbonyl (C=O) groups excluding carboxylic acids is 2. The molecule has 5 heteroatoms. The van der Waals surface area contributed by atoms with E-state index < -0.39 is 24.4 Å². The Hall–Kier alpha value is -1.13. The molecule has 0 bridgehead atoms. The molecule has 0 radical (unpaired) electrons. The summed E-state index contributed by atoms with van der Waals surface area (Å²) in [5.74, 6) is -2.03. The molecule has 0 saturated carbocycles. The van der Waals surface area contributed by atoms with Crippen LogP contribution in [0.5, 0.6) is 0 Å². The van der Waals surface area contributed by atoms with Crippen molar-refractivity contribution in [2.75, 3.05) is 0 Å². The van der Waals surface area contributed by atoms with Crippen molar-refractivity contribution in [1.29, 1.82) is 0 Å². The van der Waals surface area contributed by atoms with Crippen LogP contribution < -0.4 is 11.5 Å². The Balaban J connectivity index is 3.63. The molecule has 0 aromatic heterocycles. The molecule has 1 atom stereocenters. The van der Waals surface area contributed by atoms with Crippen LogP contribution >= 0.6 is 0 Å². The van der Waals surface area contributed by atoms with Crippen LogP contribution in [0, 0.1) is 0 Å². The van der Waals surface area contributed by atoms with E-state index >= 15 is 0 Å². The molecule has 0 spiro atoms. The van der Waals surface area contributed by atoms with E-state index in [1.165, 1.54) is 0 Å². The van der Waals surface area contributed by atoms with Crippen molar-refractivity contribution >= 4 is 11.8 Å². The van der Waals surface area contributed by atoms with Crippen molar-refractivity contribution < 1.29 is 14.0 Å². The molecule has 1 unspecified atom stereocenters. The predicted octanol–water partition coefficient (Wildman–Crippen LogP) is -1.31. The molecule has 9 heavy (non-hydrogen) atoms. The van der Waals surface area contributed by atoms with Gasteiger partial charge in [-0.3, -0.25) is 9.59 Å².